The summed E-state index contributed by atoms with van der Waals surface area (Å²) in [6.07, 6.45) is 3.80. The second kappa shape index (κ2) is 9.30. The van der Waals surface area contributed by atoms with Gasteiger partial charge in [-0.3, -0.25) is 9.59 Å². The standard InChI is InChI=1S/C24H29N3O3/c1-2-3-13-25-23(28)17-8-6-9-18(15-17)26-22-20-11-4-5-12-21(20)24(29)27(22)16-19-10-7-14-30-19/h4-6,8-9,11-12,15,19,22,26H,2-3,7,10,13-14,16H2,1H3,(H,25,28). The van der Waals surface area contributed by atoms with E-state index in [0.29, 0.717) is 18.7 Å². The zero-order valence-electron chi connectivity index (χ0n) is 17.4. The highest BCUT2D eigenvalue weighted by Gasteiger charge is 2.38. The Morgan fingerprint density at radius 2 is 2.07 bits per heavy atom. The van der Waals surface area contributed by atoms with E-state index in [0.717, 1.165) is 49.1 Å². The van der Waals surface area contributed by atoms with Crippen molar-refractivity contribution < 1.29 is 14.3 Å². The van der Waals surface area contributed by atoms with Gasteiger partial charge in [0.1, 0.15) is 6.17 Å². The van der Waals surface area contributed by atoms with Crippen LogP contribution in [0.3, 0.4) is 0 Å². The lowest BCUT2D eigenvalue weighted by Gasteiger charge is -2.29. The predicted molar refractivity (Wildman–Crippen MR) is 116 cm³/mol. The number of rotatable bonds is 8. The molecule has 0 aromatic heterocycles. The van der Waals surface area contributed by atoms with Gasteiger partial charge in [0.15, 0.2) is 0 Å². The fourth-order valence-electron chi connectivity index (χ4n) is 4.11. The Morgan fingerprint density at radius 1 is 1.20 bits per heavy atom. The molecule has 2 aliphatic rings. The van der Waals surface area contributed by atoms with Crippen molar-refractivity contribution in [1.82, 2.24) is 10.2 Å². The van der Waals surface area contributed by atoms with E-state index in [-0.39, 0.29) is 24.1 Å². The zero-order valence-corrected chi connectivity index (χ0v) is 17.4. The van der Waals surface area contributed by atoms with Crippen LogP contribution in [0.4, 0.5) is 5.69 Å². The van der Waals surface area contributed by atoms with Gasteiger partial charge in [-0.05, 0) is 43.5 Å². The maximum atomic E-state index is 13.1. The molecule has 2 aromatic carbocycles. The summed E-state index contributed by atoms with van der Waals surface area (Å²) in [4.78, 5) is 27.4. The van der Waals surface area contributed by atoms with Crippen molar-refractivity contribution in [3.05, 3.63) is 65.2 Å². The number of ether oxygens (including phenoxy) is 1. The van der Waals surface area contributed by atoms with Crippen molar-refractivity contribution in [2.75, 3.05) is 25.0 Å². The molecule has 2 amide bonds. The lowest BCUT2D eigenvalue weighted by molar-refractivity contribution is 0.0488. The molecule has 1 saturated heterocycles. The van der Waals surface area contributed by atoms with Crippen LogP contribution in [0.2, 0.25) is 0 Å². The Morgan fingerprint density at radius 3 is 2.87 bits per heavy atom. The van der Waals surface area contributed by atoms with Gasteiger partial charge in [0.25, 0.3) is 11.8 Å². The van der Waals surface area contributed by atoms with Crippen LogP contribution in [0.15, 0.2) is 48.5 Å². The number of hydrogen-bond donors (Lipinski definition) is 2. The summed E-state index contributed by atoms with van der Waals surface area (Å²) in [5, 5.41) is 6.44. The molecule has 2 aromatic rings. The van der Waals surface area contributed by atoms with Crippen LogP contribution >= 0.6 is 0 Å². The van der Waals surface area contributed by atoms with Gasteiger partial charge in [0, 0.05) is 42.1 Å². The van der Waals surface area contributed by atoms with Crippen LogP contribution in [0, 0.1) is 0 Å². The Balaban J connectivity index is 1.54. The lowest BCUT2D eigenvalue weighted by Crippen LogP contribution is -2.38. The highest BCUT2D eigenvalue weighted by molar-refractivity contribution is 5.99. The number of hydrogen-bond acceptors (Lipinski definition) is 4. The minimum atomic E-state index is -0.281. The number of fused-ring (bicyclic) bond motifs is 1. The van der Waals surface area contributed by atoms with Crippen LogP contribution < -0.4 is 10.6 Å². The van der Waals surface area contributed by atoms with Gasteiger partial charge < -0.3 is 20.3 Å². The number of nitrogens with one attached hydrogen (secondary N) is 2. The number of anilines is 1. The average Bonchev–Trinajstić information content (AvgIpc) is 3.37. The zero-order chi connectivity index (χ0) is 20.9. The normalized spacial score (nSPS) is 20.3. The maximum Gasteiger partial charge on any atom is 0.256 e. The fraction of sp³-hybridized carbons (Fsp3) is 0.417. The van der Waals surface area contributed by atoms with Gasteiger partial charge in [-0.2, -0.15) is 0 Å². The molecule has 30 heavy (non-hydrogen) atoms. The largest absolute Gasteiger partial charge is 0.376 e. The molecule has 0 radical (unpaired) electrons. The summed E-state index contributed by atoms with van der Waals surface area (Å²) in [5.41, 5.74) is 3.10. The quantitative estimate of drug-likeness (QED) is 0.650. The first-order valence-corrected chi connectivity index (χ1v) is 10.8. The number of amides is 2. The lowest BCUT2D eigenvalue weighted by atomic mass is 10.1. The second-order valence-corrected chi connectivity index (χ2v) is 7.92. The van der Waals surface area contributed by atoms with Gasteiger partial charge in [0.05, 0.1) is 6.10 Å². The number of benzene rings is 2. The van der Waals surface area contributed by atoms with E-state index in [2.05, 4.69) is 17.6 Å². The molecule has 2 N–H and O–H groups in total. The molecule has 6 heteroatoms. The van der Waals surface area contributed by atoms with E-state index in [1.54, 1.807) is 0 Å². The smallest absolute Gasteiger partial charge is 0.256 e. The first kappa shape index (κ1) is 20.4. The number of nitrogens with zero attached hydrogens (tertiary/aromatic N) is 1. The van der Waals surface area contributed by atoms with Crippen LogP contribution in [0.25, 0.3) is 0 Å². The van der Waals surface area contributed by atoms with Gasteiger partial charge in [0.2, 0.25) is 0 Å². The molecule has 0 aliphatic carbocycles. The predicted octanol–water partition coefficient (Wildman–Crippen LogP) is 3.96. The van der Waals surface area contributed by atoms with Crippen LogP contribution in [0.1, 0.15) is 65.1 Å². The van der Waals surface area contributed by atoms with E-state index in [1.165, 1.54) is 0 Å². The highest BCUT2D eigenvalue weighted by Crippen LogP contribution is 2.35. The van der Waals surface area contributed by atoms with Crippen molar-refractivity contribution in [2.24, 2.45) is 0 Å². The number of unbranched alkanes of at least 4 members (excludes halogenated alkanes) is 1. The maximum absolute atomic E-state index is 13.1. The Bertz CT molecular complexity index is 908. The van der Waals surface area contributed by atoms with Gasteiger partial charge >= 0.3 is 0 Å². The van der Waals surface area contributed by atoms with Gasteiger partial charge in [-0.1, -0.05) is 37.6 Å². The third-order valence-corrected chi connectivity index (χ3v) is 5.73. The van der Waals surface area contributed by atoms with E-state index in [9.17, 15) is 9.59 Å². The molecule has 0 bridgehead atoms. The minimum absolute atomic E-state index is 0.0204. The molecule has 0 saturated carbocycles. The van der Waals surface area contributed by atoms with E-state index in [1.807, 2.05) is 53.4 Å². The van der Waals surface area contributed by atoms with Crippen LogP contribution in [-0.4, -0.2) is 42.5 Å². The average molecular weight is 408 g/mol. The number of carbonyl (C=O) groups excluding carboxylic acids is 2. The molecule has 2 atom stereocenters. The molecule has 0 spiro atoms. The molecule has 158 valence electrons. The van der Waals surface area contributed by atoms with Crippen molar-refractivity contribution in [3.63, 3.8) is 0 Å². The first-order chi connectivity index (χ1) is 14.7. The third-order valence-electron chi connectivity index (χ3n) is 5.73. The van der Waals surface area contributed by atoms with Gasteiger partial charge in [-0.25, -0.2) is 0 Å². The number of carbonyl (C=O) groups is 2. The molecule has 1 fully saturated rings. The van der Waals surface area contributed by atoms with Gasteiger partial charge in [-0.15, -0.1) is 0 Å². The van der Waals surface area contributed by atoms with Crippen molar-refractivity contribution in [3.8, 4) is 0 Å². The second-order valence-electron chi connectivity index (χ2n) is 7.92. The molecule has 2 heterocycles. The molecule has 2 unspecified atom stereocenters. The van der Waals surface area contributed by atoms with E-state index < -0.39 is 0 Å². The van der Waals surface area contributed by atoms with Crippen molar-refractivity contribution >= 4 is 17.5 Å². The molecular formula is C24H29N3O3. The fourth-order valence-corrected chi connectivity index (χ4v) is 4.11. The summed E-state index contributed by atoms with van der Waals surface area (Å²) in [5.74, 6) is -0.0572. The van der Waals surface area contributed by atoms with Crippen LogP contribution in [-0.2, 0) is 4.74 Å². The SMILES string of the molecule is CCCCNC(=O)c1cccc(NC2c3ccccc3C(=O)N2CC2CCCO2)c1. The monoisotopic (exact) mass is 407 g/mol. The van der Waals surface area contributed by atoms with E-state index in [4.69, 9.17) is 4.74 Å². The van der Waals surface area contributed by atoms with Crippen LogP contribution in [0.5, 0.6) is 0 Å². The van der Waals surface area contributed by atoms with E-state index >= 15 is 0 Å². The molecular weight excluding hydrogens is 378 g/mol. The van der Waals surface area contributed by atoms with Crippen molar-refractivity contribution in [1.29, 1.82) is 0 Å². The third kappa shape index (κ3) is 4.33. The molecule has 6 nitrogen and oxygen atoms in total. The topological polar surface area (TPSA) is 70.7 Å². The molecule has 4 rings (SSSR count). The summed E-state index contributed by atoms with van der Waals surface area (Å²) in [7, 11) is 0. The minimum Gasteiger partial charge on any atom is -0.376 e. The Kier molecular flexibility index (Phi) is 6.33. The summed E-state index contributed by atoms with van der Waals surface area (Å²) in [6.45, 7) is 4.09. The van der Waals surface area contributed by atoms with Crippen molar-refractivity contribution in [2.45, 2.75) is 44.9 Å². The Hall–Kier alpha value is -2.86. The highest BCUT2D eigenvalue weighted by atomic mass is 16.5. The summed E-state index contributed by atoms with van der Waals surface area (Å²) in [6, 6.07) is 15.2. The Labute approximate surface area is 177 Å². The summed E-state index contributed by atoms with van der Waals surface area (Å²) >= 11 is 0. The first-order valence-electron chi connectivity index (χ1n) is 10.8. The summed E-state index contributed by atoms with van der Waals surface area (Å²) < 4.78 is 5.78. The molecule has 2 aliphatic heterocycles.